The Kier molecular flexibility index (Phi) is 9.88. The zero-order valence-electron chi connectivity index (χ0n) is 21.4. The van der Waals surface area contributed by atoms with Crippen molar-refractivity contribution < 1.29 is 18.7 Å². The van der Waals surface area contributed by atoms with Gasteiger partial charge in [0, 0.05) is 49.9 Å². The summed E-state index contributed by atoms with van der Waals surface area (Å²) in [5.41, 5.74) is 3.96. The molecule has 0 aromatic heterocycles. The highest BCUT2D eigenvalue weighted by molar-refractivity contribution is 5.99. The van der Waals surface area contributed by atoms with Gasteiger partial charge >= 0.3 is 0 Å². The van der Waals surface area contributed by atoms with Crippen molar-refractivity contribution in [1.82, 2.24) is 10.2 Å². The smallest absolute Gasteiger partial charge is 0.251 e. The van der Waals surface area contributed by atoms with Crippen LogP contribution in [0.1, 0.15) is 40.4 Å². The van der Waals surface area contributed by atoms with Gasteiger partial charge in [-0.25, -0.2) is 4.39 Å². The molecule has 2 atom stereocenters. The Morgan fingerprint density at radius 2 is 1.81 bits per heavy atom. The van der Waals surface area contributed by atoms with Crippen molar-refractivity contribution in [2.75, 3.05) is 50.8 Å². The third-order valence-electron chi connectivity index (χ3n) is 7.12. The topological polar surface area (TPSA) is 61.9 Å². The molecular formula is C28H37ClFN3O3. The lowest BCUT2D eigenvalue weighted by Gasteiger charge is -2.38. The van der Waals surface area contributed by atoms with Gasteiger partial charge in [-0.2, -0.15) is 0 Å². The van der Waals surface area contributed by atoms with Gasteiger partial charge in [0.15, 0.2) is 0 Å². The van der Waals surface area contributed by atoms with E-state index in [9.17, 15) is 14.0 Å². The van der Waals surface area contributed by atoms with Crippen LogP contribution in [0.5, 0.6) is 0 Å². The van der Waals surface area contributed by atoms with E-state index < -0.39 is 0 Å². The first-order valence-corrected chi connectivity index (χ1v) is 12.6. The first-order chi connectivity index (χ1) is 16.8. The Morgan fingerprint density at radius 1 is 1.14 bits per heavy atom. The van der Waals surface area contributed by atoms with E-state index in [-0.39, 0.29) is 41.9 Å². The second kappa shape index (κ2) is 12.7. The summed E-state index contributed by atoms with van der Waals surface area (Å²) in [5, 5.41) is 3.02. The molecule has 2 heterocycles. The van der Waals surface area contributed by atoms with Gasteiger partial charge in [0.05, 0.1) is 13.2 Å². The number of morpholine rings is 1. The van der Waals surface area contributed by atoms with Crippen LogP contribution in [0.2, 0.25) is 0 Å². The monoisotopic (exact) mass is 517 g/mol. The van der Waals surface area contributed by atoms with Crippen molar-refractivity contribution in [3.05, 3.63) is 64.5 Å². The Bertz CT molecular complexity index is 1050. The molecule has 196 valence electrons. The summed E-state index contributed by atoms with van der Waals surface area (Å²) >= 11 is 0. The van der Waals surface area contributed by atoms with Gasteiger partial charge in [0.1, 0.15) is 5.82 Å². The number of halogens is 2. The lowest BCUT2D eigenvalue weighted by molar-refractivity contribution is -0.124. The summed E-state index contributed by atoms with van der Waals surface area (Å²) in [7, 11) is 0. The van der Waals surface area contributed by atoms with E-state index in [1.807, 2.05) is 49.9 Å². The Morgan fingerprint density at radius 3 is 2.47 bits per heavy atom. The quantitative estimate of drug-likeness (QED) is 0.599. The third-order valence-corrected chi connectivity index (χ3v) is 7.12. The molecule has 1 N–H and O–H groups in total. The van der Waals surface area contributed by atoms with Crippen LogP contribution in [0.4, 0.5) is 10.1 Å². The van der Waals surface area contributed by atoms with Gasteiger partial charge in [-0.1, -0.05) is 25.1 Å². The van der Waals surface area contributed by atoms with Gasteiger partial charge in [-0.05, 0) is 67.5 Å². The summed E-state index contributed by atoms with van der Waals surface area (Å²) in [4.78, 5) is 30.1. The molecule has 2 aromatic carbocycles. The Labute approximate surface area is 219 Å². The first-order valence-electron chi connectivity index (χ1n) is 12.6. The summed E-state index contributed by atoms with van der Waals surface area (Å²) in [6, 6.07) is 10.6. The SMILES string of the molecule is Cc1cc(C(=O)NCCN2CCOCC2)cc(C)c1N1C[C@@H](Cc2ccccc2F)C[C@@H](C)C1=O.Cl. The third kappa shape index (κ3) is 6.64. The molecule has 0 bridgehead atoms. The van der Waals surface area contributed by atoms with Crippen molar-refractivity contribution in [3.63, 3.8) is 0 Å². The number of nitrogens with zero attached hydrogens (tertiary/aromatic N) is 2. The van der Waals surface area contributed by atoms with Crippen LogP contribution in [0.25, 0.3) is 0 Å². The predicted octanol–water partition coefficient (Wildman–Crippen LogP) is 4.16. The van der Waals surface area contributed by atoms with Crippen molar-refractivity contribution in [2.24, 2.45) is 11.8 Å². The minimum Gasteiger partial charge on any atom is -0.379 e. The van der Waals surface area contributed by atoms with E-state index >= 15 is 0 Å². The van der Waals surface area contributed by atoms with Crippen LogP contribution in [-0.2, 0) is 16.0 Å². The molecule has 2 saturated heterocycles. The minimum atomic E-state index is -0.194. The van der Waals surface area contributed by atoms with Crippen LogP contribution in [0, 0.1) is 31.5 Å². The zero-order chi connectivity index (χ0) is 24.9. The molecule has 0 aliphatic carbocycles. The van der Waals surface area contributed by atoms with Crippen molar-refractivity contribution in [1.29, 1.82) is 0 Å². The van der Waals surface area contributed by atoms with Crippen LogP contribution in [0.15, 0.2) is 36.4 Å². The van der Waals surface area contributed by atoms with E-state index in [2.05, 4.69) is 10.2 Å². The van der Waals surface area contributed by atoms with Gasteiger partial charge in [-0.3, -0.25) is 14.5 Å². The van der Waals surface area contributed by atoms with E-state index in [0.717, 1.165) is 56.1 Å². The molecule has 2 fully saturated rings. The second-order valence-electron chi connectivity index (χ2n) is 9.92. The number of piperidine rings is 1. The number of hydrogen-bond acceptors (Lipinski definition) is 4. The van der Waals surface area contributed by atoms with Crippen molar-refractivity contribution >= 4 is 29.9 Å². The molecule has 2 aliphatic rings. The van der Waals surface area contributed by atoms with E-state index in [1.165, 1.54) is 6.07 Å². The largest absolute Gasteiger partial charge is 0.379 e. The average molecular weight is 518 g/mol. The number of hydrogen-bond donors (Lipinski definition) is 1. The van der Waals surface area contributed by atoms with Gasteiger partial charge in [-0.15, -0.1) is 12.4 Å². The normalized spacial score (nSPS) is 20.7. The highest BCUT2D eigenvalue weighted by Crippen LogP contribution is 2.34. The number of nitrogens with one attached hydrogen (secondary N) is 1. The van der Waals surface area contributed by atoms with Crippen LogP contribution >= 0.6 is 12.4 Å². The molecule has 2 amide bonds. The number of ether oxygens (including phenoxy) is 1. The first kappa shape index (κ1) is 28.1. The number of aryl methyl sites for hydroxylation is 2. The second-order valence-corrected chi connectivity index (χ2v) is 9.92. The van der Waals surface area contributed by atoms with Gasteiger partial charge in [0.25, 0.3) is 5.91 Å². The van der Waals surface area contributed by atoms with Crippen molar-refractivity contribution in [2.45, 2.75) is 33.6 Å². The fourth-order valence-electron chi connectivity index (χ4n) is 5.38. The minimum absolute atomic E-state index is 0. The number of amides is 2. The molecule has 4 rings (SSSR count). The summed E-state index contributed by atoms with van der Waals surface area (Å²) in [6.45, 7) is 11.0. The predicted molar refractivity (Wildman–Crippen MR) is 142 cm³/mol. The summed E-state index contributed by atoms with van der Waals surface area (Å²) < 4.78 is 19.6. The summed E-state index contributed by atoms with van der Waals surface area (Å²) in [5.74, 6) is -0.181. The molecule has 0 radical (unpaired) electrons. The van der Waals surface area contributed by atoms with Gasteiger partial charge in [0.2, 0.25) is 5.91 Å². The van der Waals surface area contributed by atoms with E-state index in [4.69, 9.17) is 4.74 Å². The summed E-state index contributed by atoms with van der Waals surface area (Å²) in [6.07, 6.45) is 1.34. The standard InChI is InChI=1S/C28H36FN3O3.ClH/c1-19-15-24(27(33)30-8-9-31-10-12-35-13-11-31)16-20(2)26(19)32-18-22(14-21(3)28(32)34)17-23-6-4-5-7-25(23)29;/h4-7,15-16,21-22H,8-14,17-18H2,1-3H3,(H,30,33);1H/t21-,22-;/m1./s1. The molecule has 36 heavy (non-hydrogen) atoms. The molecule has 0 unspecified atom stereocenters. The molecule has 6 nitrogen and oxygen atoms in total. The fourth-order valence-corrected chi connectivity index (χ4v) is 5.38. The van der Waals surface area contributed by atoms with Crippen LogP contribution in [-0.4, -0.2) is 62.7 Å². The van der Waals surface area contributed by atoms with Crippen LogP contribution in [0.3, 0.4) is 0 Å². The van der Waals surface area contributed by atoms with Crippen molar-refractivity contribution in [3.8, 4) is 0 Å². The number of anilines is 1. The lowest BCUT2D eigenvalue weighted by atomic mass is 9.84. The molecular weight excluding hydrogens is 481 g/mol. The Hall–Kier alpha value is -2.48. The Balaban J connectivity index is 0.00000361. The van der Waals surface area contributed by atoms with E-state index in [0.29, 0.717) is 30.6 Å². The van der Waals surface area contributed by atoms with E-state index in [1.54, 1.807) is 6.07 Å². The van der Waals surface area contributed by atoms with Crippen LogP contribution < -0.4 is 10.2 Å². The maximum absolute atomic E-state index is 14.3. The zero-order valence-corrected chi connectivity index (χ0v) is 22.2. The fraction of sp³-hybridized carbons (Fsp3) is 0.500. The number of benzene rings is 2. The van der Waals surface area contributed by atoms with Gasteiger partial charge < -0.3 is 15.0 Å². The molecule has 8 heteroatoms. The maximum atomic E-state index is 14.3. The molecule has 0 spiro atoms. The number of carbonyl (C=O) groups excluding carboxylic acids is 2. The molecule has 0 saturated carbocycles. The highest BCUT2D eigenvalue weighted by Gasteiger charge is 2.34. The average Bonchev–Trinajstić information content (AvgIpc) is 2.83. The number of rotatable bonds is 7. The molecule has 2 aliphatic heterocycles. The number of carbonyl (C=O) groups is 2. The molecule has 2 aromatic rings. The lowest BCUT2D eigenvalue weighted by Crippen LogP contribution is -2.46. The highest BCUT2D eigenvalue weighted by atomic mass is 35.5. The maximum Gasteiger partial charge on any atom is 0.251 e.